The molecule has 3 aromatic rings. The highest BCUT2D eigenvalue weighted by molar-refractivity contribution is 6.31. The van der Waals surface area contributed by atoms with E-state index in [4.69, 9.17) is 16.3 Å². The molecule has 24 heavy (non-hydrogen) atoms. The quantitative estimate of drug-likeness (QED) is 0.736. The van der Waals surface area contributed by atoms with Crippen molar-refractivity contribution in [1.29, 1.82) is 0 Å². The summed E-state index contributed by atoms with van der Waals surface area (Å²) >= 11 is 6.08. The van der Waals surface area contributed by atoms with E-state index >= 15 is 0 Å². The minimum Gasteiger partial charge on any atom is -0.496 e. The molecule has 0 aliphatic heterocycles. The SMILES string of the molecule is COc1ccccc1CNC(=O)Cc1c(C)[nH]c2ccc(Cl)cc12. The highest BCUT2D eigenvalue weighted by Gasteiger charge is 2.13. The Balaban J connectivity index is 1.73. The monoisotopic (exact) mass is 342 g/mol. The number of ether oxygens (including phenoxy) is 1. The number of aromatic nitrogens is 1. The third kappa shape index (κ3) is 3.39. The molecule has 124 valence electrons. The van der Waals surface area contributed by atoms with E-state index in [1.54, 1.807) is 7.11 Å². The van der Waals surface area contributed by atoms with Crippen LogP contribution in [0.2, 0.25) is 5.02 Å². The maximum Gasteiger partial charge on any atom is 0.224 e. The van der Waals surface area contributed by atoms with Gasteiger partial charge < -0.3 is 15.0 Å². The van der Waals surface area contributed by atoms with Gasteiger partial charge in [0.05, 0.1) is 13.5 Å². The van der Waals surface area contributed by atoms with Gasteiger partial charge in [0, 0.05) is 33.7 Å². The standard InChI is InChI=1S/C19H19ClN2O2/c1-12-15(16-9-14(20)7-8-17(16)22-12)10-19(23)21-11-13-5-3-4-6-18(13)24-2/h3-9,22H,10-11H2,1-2H3,(H,21,23). The molecule has 1 heterocycles. The number of amides is 1. The fourth-order valence-electron chi connectivity index (χ4n) is 2.85. The third-order valence-electron chi connectivity index (χ3n) is 4.09. The second-order valence-corrected chi connectivity index (χ2v) is 6.12. The Bertz CT molecular complexity index is 886. The minimum atomic E-state index is -0.0371. The van der Waals surface area contributed by atoms with Crippen molar-refractivity contribution in [2.45, 2.75) is 19.9 Å². The van der Waals surface area contributed by atoms with E-state index in [0.29, 0.717) is 18.0 Å². The van der Waals surface area contributed by atoms with Crippen LogP contribution in [0.15, 0.2) is 42.5 Å². The Morgan fingerprint density at radius 2 is 2.04 bits per heavy atom. The van der Waals surface area contributed by atoms with E-state index in [2.05, 4.69) is 10.3 Å². The van der Waals surface area contributed by atoms with Crippen LogP contribution in [0.3, 0.4) is 0 Å². The highest BCUT2D eigenvalue weighted by Crippen LogP contribution is 2.26. The predicted molar refractivity (Wildman–Crippen MR) is 96.6 cm³/mol. The number of aromatic amines is 1. The lowest BCUT2D eigenvalue weighted by molar-refractivity contribution is -0.120. The molecule has 4 nitrogen and oxygen atoms in total. The first kappa shape index (κ1) is 16.4. The number of fused-ring (bicyclic) bond motifs is 1. The smallest absolute Gasteiger partial charge is 0.224 e. The summed E-state index contributed by atoms with van der Waals surface area (Å²) < 4.78 is 5.30. The molecule has 0 unspecified atom stereocenters. The molecule has 0 aliphatic carbocycles. The van der Waals surface area contributed by atoms with Crippen molar-refractivity contribution in [1.82, 2.24) is 10.3 Å². The van der Waals surface area contributed by atoms with Crippen molar-refractivity contribution < 1.29 is 9.53 Å². The lowest BCUT2D eigenvalue weighted by Crippen LogP contribution is -2.25. The summed E-state index contributed by atoms with van der Waals surface area (Å²) in [6.45, 7) is 2.40. The van der Waals surface area contributed by atoms with Crippen LogP contribution in [0.5, 0.6) is 5.75 Å². The van der Waals surface area contributed by atoms with Gasteiger partial charge in [-0.2, -0.15) is 0 Å². The number of carbonyl (C=O) groups is 1. The highest BCUT2D eigenvalue weighted by atomic mass is 35.5. The predicted octanol–water partition coefficient (Wildman–Crippen LogP) is 4.00. The molecule has 0 saturated carbocycles. The van der Waals surface area contributed by atoms with Gasteiger partial charge in [0.25, 0.3) is 0 Å². The number of nitrogens with one attached hydrogen (secondary N) is 2. The maximum atomic E-state index is 12.4. The number of hydrogen-bond donors (Lipinski definition) is 2. The number of methoxy groups -OCH3 is 1. The maximum absolute atomic E-state index is 12.4. The number of hydrogen-bond acceptors (Lipinski definition) is 2. The molecule has 3 rings (SSSR count). The van der Waals surface area contributed by atoms with E-state index < -0.39 is 0 Å². The first-order chi connectivity index (χ1) is 11.6. The Morgan fingerprint density at radius 3 is 2.83 bits per heavy atom. The Labute approximate surface area is 145 Å². The fourth-order valence-corrected chi connectivity index (χ4v) is 3.02. The van der Waals surface area contributed by atoms with Crippen molar-refractivity contribution >= 4 is 28.4 Å². The van der Waals surface area contributed by atoms with Gasteiger partial charge in [-0.1, -0.05) is 29.8 Å². The number of para-hydroxylation sites is 1. The zero-order valence-corrected chi connectivity index (χ0v) is 14.4. The second kappa shape index (κ2) is 6.97. The third-order valence-corrected chi connectivity index (χ3v) is 4.32. The summed E-state index contributed by atoms with van der Waals surface area (Å²) in [7, 11) is 1.62. The number of rotatable bonds is 5. The van der Waals surface area contributed by atoms with Gasteiger partial charge >= 0.3 is 0 Å². The second-order valence-electron chi connectivity index (χ2n) is 5.68. The van der Waals surface area contributed by atoms with E-state index in [0.717, 1.165) is 33.5 Å². The van der Waals surface area contributed by atoms with E-state index in [-0.39, 0.29) is 5.91 Å². The topological polar surface area (TPSA) is 54.1 Å². The Hall–Kier alpha value is -2.46. The van der Waals surface area contributed by atoms with Crippen molar-refractivity contribution in [3.05, 3.63) is 64.3 Å². The van der Waals surface area contributed by atoms with Crippen LogP contribution in [-0.2, 0) is 17.8 Å². The molecule has 0 fully saturated rings. The number of carbonyl (C=O) groups excluding carboxylic acids is 1. The molecule has 0 aliphatic rings. The van der Waals surface area contributed by atoms with Crippen LogP contribution < -0.4 is 10.1 Å². The molecule has 2 N–H and O–H groups in total. The molecule has 0 radical (unpaired) electrons. The van der Waals surface area contributed by atoms with Crippen molar-refractivity contribution in [2.75, 3.05) is 7.11 Å². The normalized spacial score (nSPS) is 10.8. The molecule has 2 aromatic carbocycles. The summed E-state index contributed by atoms with van der Waals surface area (Å²) in [6.07, 6.45) is 0.307. The number of benzene rings is 2. The molecular weight excluding hydrogens is 324 g/mol. The minimum absolute atomic E-state index is 0.0371. The summed E-state index contributed by atoms with van der Waals surface area (Å²) in [5, 5.41) is 4.61. The van der Waals surface area contributed by atoms with Gasteiger partial charge in [-0.05, 0) is 36.8 Å². The van der Waals surface area contributed by atoms with Gasteiger partial charge in [-0.15, -0.1) is 0 Å². The van der Waals surface area contributed by atoms with Crippen LogP contribution in [0.4, 0.5) is 0 Å². The summed E-state index contributed by atoms with van der Waals surface area (Å²) in [6, 6.07) is 13.3. The van der Waals surface area contributed by atoms with Gasteiger partial charge in [0.2, 0.25) is 5.91 Å². The van der Waals surface area contributed by atoms with E-state index in [9.17, 15) is 4.79 Å². The first-order valence-corrected chi connectivity index (χ1v) is 8.11. The molecule has 1 aromatic heterocycles. The number of halogens is 1. The van der Waals surface area contributed by atoms with Gasteiger partial charge in [0.15, 0.2) is 0 Å². The number of H-pyrrole nitrogens is 1. The summed E-state index contributed by atoms with van der Waals surface area (Å²) in [5.41, 5.74) is 3.90. The lowest BCUT2D eigenvalue weighted by Gasteiger charge is -2.09. The Morgan fingerprint density at radius 1 is 1.25 bits per heavy atom. The molecule has 0 atom stereocenters. The van der Waals surface area contributed by atoms with Crippen LogP contribution in [-0.4, -0.2) is 18.0 Å². The van der Waals surface area contributed by atoms with Crippen molar-refractivity contribution in [2.24, 2.45) is 0 Å². The van der Waals surface area contributed by atoms with Gasteiger partial charge in [-0.3, -0.25) is 4.79 Å². The van der Waals surface area contributed by atoms with Crippen molar-refractivity contribution in [3.63, 3.8) is 0 Å². The molecule has 1 amide bonds. The average molecular weight is 343 g/mol. The van der Waals surface area contributed by atoms with Crippen LogP contribution >= 0.6 is 11.6 Å². The largest absolute Gasteiger partial charge is 0.496 e. The van der Waals surface area contributed by atoms with Gasteiger partial charge in [0.1, 0.15) is 5.75 Å². The molecule has 0 saturated heterocycles. The van der Waals surface area contributed by atoms with E-state index in [1.807, 2.05) is 49.4 Å². The molecular formula is C19H19ClN2O2. The Kier molecular flexibility index (Phi) is 4.76. The van der Waals surface area contributed by atoms with Crippen LogP contribution in [0, 0.1) is 6.92 Å². The molecule has 5 heteroatoms. The zero-order chi connectivity index (χ0) is 17.1. The lowest BCUT2D eigenvalue weighted by atomic mass is 10.1. The van der Waals surface area contributed by atoms with Crippen LogP contribution in [0.1, 0.15) is 16.8 Å². The molecule has 0 spiro atoms. The summed E-state index contributed by atoms with van der Waals surface area (Å²) in [4.78, 5) is 15.7. The van der Waals surface area contributed by atoms with Crippen LogP contribution in [0.25, 0.3) is 10.9 Å². The molecule has 0 bridgehead atoms. The average Bonchev–Trinajstić information content (AvgIpc) is 2.88. The fraction of sp³-hybridized carbons (Fsp3) is 0.211. The zero-order valence-electron chi connectivity index (χ0n) is 13.7. The summed E-state index contributed by atoms with van der Waals surface area (Å²) in [5.74, 6) is 0.734. The number of aryl methyl sites for hydroxylation is 1. The van der Waals surface area contributed by atoms with Crippen molar-refractivity contribution in [3.8, 4) is 5.75 Å². The van der Waals surface area contributed by atoms with E-state index in [1.165, 1.54) is 0 Å². The van der Waals surface area contributed by atoms with Gasteiger partial charge in [-0.25, -0.2) is 0 Å². The first-order valence-electron chi connectivity index (χ1n) is 7.74.